The van der Waals surface area contributed by atoms with Crippen LogP contribution >= 0.6 is 23.1 Å². The number of ether oxygens (including phenoxy) is 1. The highest BCUT2D eigenvalue weighted by atomic mass is 32.2. The molecule has 28 heavy (non-hydrogen) atoms. The van der Waals surface area contributed by atoms with Crippen molar-refractivity contribution >= 4 is 39.3 Å². The van der Waals surface area contributed by atoms with E-state index in [9.17, 15) is 14.0 Å². The molecule has 5 nitrogen and oxygen atoms in total. The average Bonchev–Trinajstić information content (AvgIpc) is 2.96. The van der Waals surface area contributed by atoms with Gasteiger partial charge in [0.1, 0.15) is 10.6 Å². The first-order valence-electron chi connectivity index (χ1n) is 8.94. The minimum atomic E-state index is -0.341. The van der Waals surface area contributed by atoms with Crippen LogP contribution < -0.4 is 5.56 Å². The van der Waals surface area contributed by atoms with E-state index in [4.69, 9.17) is 4.74 Å². The van der Waals surface area contributed by atoms with E-state index in [1.165, 1.54) is 35.2 Å². The van der Waals surface area contributed by atoms with Gasteiger partial charge in [-0.3, -0.25) is 14.2 Å². The van der Waals surface area contributed by atoms with Crippen molar-refractivity contribution in [1.29, 1.82) is 0 Å². The third-order valence-corrected chi connectivity index (χ3v) is 6.04. The summed E-state index contributed by atoms with van der Waals surface area (Å²) < 4.78 is 20.0. The molecule has 2 heterocycles. The Bertz CT molecular complexity index is 1070. The number of hydrogen-bond donors (Lipinski definition) is 0. The molecule has 1 aromatic carbocycles. The first-order valence-corrected chi connectivity index (χ1v) is 10.7. The van der Waals surface area contributed by atoms with E-state index in [-0.39, 0.29) is 29.2 Å². The van der Waals surface area contributed by atoms with Crippen LogP contribution in [-0.2, 0) is 16.1 Å². The molecule has 0 unspecified atom stereocenters. The SMILES string of the molecule is CCn1c(SCC(=O)OC(C)C)nc2sc(C)c(-c3ccc(F)cc3)c2c1=O. The standard InChI is InChI=1S/C20H21FN2O3S2/c1-5-23-19(25)17-16(13-6-8-14(21)9-7-13)12(4)28-18(17)22-20(23)27-10-15(24)26-11(2)3/h6-9,11H,5,10H2,1-4H3. The molecule has 0 N–H and O–H groups in total. The van der Waals surface area contributed by atoms with Gasteiger partial charge in [0.25, 0.3) is 5.56 Å². The number of hydrogen-bond acceptors (Lipinski definition) is 6. The Hall–Kier alpha value is -2.19. The van der Waals surface area contributed by atoms with Crippen molar-refractivity contribution in [3.05, 3.63) is 45.3 Å². The van der Waals surface area contributed by atoms with E-state index in [1.54, 1.807) is 30.5 Å². The number of thiophene rings is 1. The van der Waals surface area contributed by atoms with Crippen molar-refractivity contribution in [2.24, 2.45) is 0 Å². The molecule has 0 saturated heterocycles. The van der Waals surface area contributed by atoms with Crippen LogP contribution in [0.3, 0.4) is 0 Å². The monoisotopic (exact) mass is 420 g/mol. The van der Waals surface area contributed by atoms with Crippen molar-refractivity contribution in [3.8, 4) is 11.1 Å². The summed E-state index contributed by atoms with van der Waals surface area (Å²) in [6, 6.07) is 6.11. The second kappa shape index (κ2) is 8.45. The van der Waals surface area contributed by atoms with Crippen LogP contribution in [0.25, 0.3) is 21.3 Å². The minimum Gasteiger partial charge on any atom is -0.462 e. The summed E-state index contributed by atoms with van der Waals surface area (Å²) in [5.41, 5.74) is 1.42. The van der Waals surface area contributed by atoms with Crippen LogP contribution in [0.5, 0.6) is 0 Å². The maximum Gasteiger partial charge on any atom is 0.316 e. The molecule has 0 amide bonds. The summed E-state index contributed by atoms with van der Waals surface area (Å²) in [6.45, 7) is 7.80. The zero-order chi connectivity index (χ0) is 20.4. The lowest BCUT2D eigenvalue weighted by Gasteiger charge is -2.11. The van der Waals surface area contributed by atoms with Crippen LogP contribution in [0.2, 0.25) is 0 Å². The van der Waals surface area contributed by atoms with E-state index in [0.29, 0.717) is 21.9 Å². The van der Waals surface area contributed by atoms with Crippen LogP contribution in [0.1, 0.15) is 25.6 Å². The van der Waals surface area contributed by atoms with Gasteiger partial charge in [-0.15, -0.1) is 11.3 Å². The first kappa shape index (κ1) is 20.5. The van der Waals surface area contributed by atoms with Gasteiger partial charge in [0, 0.05) is 17.0 Å². The lowest BCUT2D eigenvalue weighted by atomic mass is 10.0. The Morgan fingerprint density at radius 1 is 1.32 bits per heavy atom. The van der Waals surface area contributed by atoms with Crippen molar-refractivity contribution in [2.75, 3.05) is 5.75 Å². The molecule has 0 spiro atoms. The number of carbonyl (C=O) groups excluding carboxylic acids is 1. The molecule has 0 aliphatic heterocycles. The highest BCUT2D eigenvalue weighted by Crippen LogP contribution is 2.36. The van der Waals surface area contributed by atoms with E-state index in [0.717, 1.165) is 16.0 Å². The highest BCUT2D eigenvalue weighted by molar-refractivity contribution is 7.99. The van der Waals surface area contributed by atoms with Gasteiger partial charge in [-0.25, -0.2) is 9.37 Å². The maximum absolute atomic E-state index is 13.3. The molecule has 0 radical (unpaired) electrons. The molecule has 148 valence electrons. The predicted octanol–water partition coefficient (Wildman–Crippen LogP) is 4.64. The molecule has 0 bridgehead atoms. The Morgan fingerprint density at radius 3 is 2.61 bits per heavy atom. The predicted molar refractivity (Wildman–Crippen MR) is 112 cm³/mol. The Morgan fingerprint density at radius 2 is 2.00 bits per heavy atom. The Balaban J connectivity index is 2.07. The normalized spacial score (nSPS) is 11.4. The number of carbonyl (C=O) groups is 1. The summed E-state index contributed by atoms with van der Waals surface area (Å²) in [5.74, 6) is -0.575. The third-order valence-electron chi connectivity index (χ3n) is 4.09. The van der Waals surface area contributed by atoms with Crippen LogP contribution in [0.15, 0.2) is 34.2 Å². The largest absolute Gasteiger partial charge is 0.462 e. The number of fused-ring (bicyclic) bond motifs is 1. The fraction of sp³-hybridized carbons (Fsp3) is 0.350. The van der Waals surface area contributed by atoms with E-state index >= 15 is 0 Å². The van der Waals surface area contributed by atoms with Crippen LogP contribution in [0, 0.1) is 12.7 Å². The summed E-state index contributed by atoms with van der Waals surface area (Å²) in [7, 11) is 0. The number of aryl methyl sites for hydroxylation is 1. The maximum atomic E-state index is 13.3. The Kier molecular flexibility index (Phi) is 6.20. The number of halogens is 1. The molecule has 3 rings (SSSR count). The molecule has 0 atom stereocenters. The van der Waals surface area contributed by atoms with Crippen molar-refractivity contribution in [1.82, 2.24) is 9.55 Å². The number of benzene rings is 1. The second-order valence-electron chi connectivity index (χ2n) is 6.49. The molecule has 0 aliphatic carbocycles. The number of aromatic nitrogens is 2. The van der Waals surface area contributed by atoms with Gasteiger partial charge in [0.05, 0.1) is 17.2 Å². The smallest absolute Gasteiger partial charge is 0.316 e. The lowest BCUT2D eigenvalue weighted by Crippen LogP contribution is -2.23. The molecular weight excluding hydrogens is 399 g/mol. The van der Waals surface area contributed by atoms with Gasteiger partial charge in [0.2, 0.25) is 0 Å². The van der Waals surface area contributed by atoms with Gasteiger partial charge in [0.15, 0.2) is 5.16 Å². The van der Waals surface area contributed by atoms with Crippen LogP contribution in [-0.4, -0.2) is 27.4 Å². The van der Waals surface area contributed by atoms with Gasteiger partial charge >= 0.3 is 5.97 Å². The van der Waals surface area contributed by atoms with Gasteiger partial charge in [-0.2, -0.15) is 0 Å². The fourth-order valence-corrected chi connectivity index (χ4v) is 4.88. The summed E-state index contributed by atoms with van der Waals surface area (Å²) >= 11 is 2.62. The molecule has 0 aliphatic rings. The van der Waals surface area contributed by atoms with E-state index < -0.39 is 0 Å². The first-order chi connectivity index (χ1) is 13.3. The van der Waals surface area contributed by atoms with E-state index in [1.807, 2.05) is 13.8 Å². The number of esters is 1. The van der Waals surface area contributed by atoms with Crippen LogP contribution in [0.4, 0.5) is 4.39 Å². The average molecular weight is 421 g/mol. The molecule has 3 aromatic rings. The molecular formula is C20H21FN2O3S2. The molecule has 0 fully saturated rings. The highest BCUT2D eigenvalue weighted by Gasteiger charge is 2.20. The number of thioether (sulfide) groups is 1. The van der Waals surface area contributed by atoms with Gasteiger partial charge in [-0.05, 0) is 45.4 Å². The molecule has 8 heteroatoms. The summed E-state index contributed by atoms with van der Waals surface area (Å²) in [6.07, 6.45) is -0.185. The van der Waals surface area contributed by atoms with E-state index in [2.05, 4.69) is 4.98 Å². The van der Waals surface area contributed by atoms with Crippen molar-refractivity contribution < 1.29 is 13.9 Å². The topological polar surface area (TPSA) is 61.2 Å². The zero-order valence-corrected chi connectivity index (χ0v) is 17.7. The van der Waals surface area contributed by atoms with Crippen molar-refractivity contribution in [2.45, 2.75) is 45.5 Å². The lowest BCUT2D eigenvalue weighted by molar-refractivity contribution is -0.144. The third kappa shape index (κ3) is 4.12. The second-order valence-corrected chi connectivity index (χ2v) is 8.64. The summed E-state index contributed by atoms with van der Waals surface area (Å²) in [4.78, 5) is 31.3. The number of nitrogens with zero attached hydrogens (tertiary/aromatic N) is 2. The van der Waals surface area contributed by atoms with Crippen molar-refractivity contribution in [3.63, 3.8) is 0 Å². The zero-order valence-electron chi connectivity index (χ0n) is 16.1. The quantitative estimate of drug-likeness (QED) is 0.330. The molecule has 0 saturated carbocycles. The van der Waals surface area contributed by atoms with Gasteiger partial charge in [-0.1, -0.05) is 23.9 Å². The fourth-order valence-electron chi connectivity index (χ4n) is 2.95. The summed E-state index contributed by atoms with van der Waals surface area (Å²) in [5, 5.41) is 1.03. The Labute approximate surface area is 170 Å². The number of rotatable bonds is 6. The van der Waals surface area contributed by atoms with Gasteiger partial charge < -0.3 is 4.74 Å². The minimum absolute atomic E-state index is 0.0886. The molecule has 2 aromatic heterocycles.